The standard InChI is InChI=1S/C35H30N2O4/c38-34(28-19-17-27(18-20-28)16-15-26-9-3-1-4-10-26)36-22-21-33-31(25-36)37(23-24-40-33)35(39)30-13-7-8-14-32(30)41-29-11-5-2-6-12-29/h1-14,17-20,31,33H,21-25H2/t31-,33-/m0/s1. The molecule has 2 amide bonds. The Labute approximate surface area is 240 Å². The van der Waals surface area contributed by atoms with Gasteiger partial charge in [0.25, 0.3) is 11.8 Å². The molecule has 0 N–H and O–H groups in total. The summed E-state index contributed by atoms with van der Waals surface area (Å²) in [6, 6.07) is 33.7. The summed E-state index contributed by atoms with van der Waals surface area (Å²) in [6.45, 7) is 1.91. The molecule has 0 aromatic heterocycles. The molecule has 0 bridgehead atoms. The molecule has 0 aliphatic carbocycles. The van der Waals surface area contributed by atoms with Gasteiger partial charge in [-0.2, -0.15) is 0 Å². The maximum Gasteiger partial charge on any atom is 0.258 e. The number of hydrogen-bond acceptors (Lipinski definition) is 4. The van der Waals surface area contributed by atoms with Gasteiger partial charge in [0.05, 0.1) is 24.3 Å². The van der Waals surface area contributed by atoms with E-state index in [0.29, 0.717) is 55.3 Å². The highest BCUT2D eigenvalue weighted by atomic mass is 16.5. The van der Waals surface area contributed by atoms with E-state index in [2.05, 4.69) is 11.8 Å². The number of amides is 2. The quantitative estimate of drug-likeness (QED) is 0.314. The second kappa shape index (κ2) is 12.1. The lowest BCUT2D eigenvalue weighted by Crippen LogP contribution is -2.62. The van der Waals surface area contributed by atoms with Crippen LogP contribution in [-0.4, -0.2) is 60.0 Å². The molecule has 0 unspecified atom stereocenters. The van der Waals surface area contributed by atoms with Crippen LogP contribution in [0, 0.1) is 11.8 Å². The van der Waals surface area contributed by atoms with Gasteiger partial charge >= 0.3 is 0 Å². The van der Waals surface area contributed by atoms with E-state index in [1.807, 2.05) is 113 Å². The summed E-state index contributed by atoms with van der Waals surface area (Å²) in [5.74, 6) is 7.29. The van der Waals surface area contributed by atoms with Gasteiger partial charge in [0.15, 0.2) is 0 Å². The highest BCUT2D eigenvalue weighted by Crippen LogP contribution is 2.30. The summed E-state index contributed by atoms with van der Waals surface area (Å²) in [5.41, 5.74) is 2.88. The van der Waals surface area contributed by atoms with E-state index in [0.717, 1.165) is 11.1 Å². The van der Waals surface area contributed by atoms with Crippen molar-refractivity contribution in [3.05, 3.63) is 131 Å². The minimum Gasteiger partial charge on any atom is -0.457 e. The molecule has 2 aliphatic rings. The molecule has 0 radical (unpaired) electrons. The first-order valence-electron chi connectivity index (χ1n) is 13.9. The fourth-order valence-electron chi connectivity index (χ4n) is 5.36. The Bertz CT molecular complexity index is 1580. The van der Waals surface area contributed by atoms with Crippen LogP contribution < -0.4 is 4.74 Å². The number of nitrogens with zero attached hydrogens (tertiary/aromatic N) is 2. The third-order valence-corrected chi connectivity index (χ3v) is 7.48. The van der Waals surface area contributed by atoms with Gasteiger partial charge in [-0.3, -0.25) is 9.59 Å². The number of para-hydroxylation sites is 2. The fourth-order valence-corrected chi connectivity index (χ4v) is 5.36. The van der Waals surface area contributed by atoms with E-state index >= 15 is 0 Å². The van der Waals surface area contributed by atoms with Crippen LogP contribution in [0.15, 0.2) is 109 Å². The highest BCUT2D eigenvalue weighted by molar-refractivity contribution is 5.98. The first-order chi connectivity index (χ1) is 20.2. The van der Waals surface area contributed by atoms with Crippen LogP contribution in [0.25, 0.3) is 0 Å². The molecule has 41 heavy (non-hydrogen) atoms. The van der Waals surface area contributed by atoms with Gasteiger partial charge in [0, 0.05) is 36.3 Å². The fraction of sp³-hybridized carbons (Fsp3) is 0.200. The number of rotatable bonds is 4. The van der Waals surface area contributed by atoms with Gasteiger partial charge in [-0.1, -0.05) is 60.4 Å². The van der Waals surface area contributed by atoms with E-state index < -0.39 is 0 Å². The van der Waals surface area contributed by atoms with Crippen molar-refractivity contribution in [2.24, 2.45) is 0 Å². The smallest absolute Gasteiger partial charge is 0.258 e. The van der Waals surface area contributed by atoms with E-state index in [1.54, 1.807) is 6.07 Å². The molecule has 4 aromatic rings. The first-order valence-corrected chi connectivity index (χ1v) is 13.9. The normalized spacial score (nSPS) is 18.0. The average molecular weight is 543 g/mol. The zero-order valence-electron chi connectivity index (χ0n) is 22.6. The Morgan fingerprint density at radius 2 is 1.39 bits per heavy atom. The summed E-state index contributed by atoms with van der Waals surface area (Å²) in [5, 5.41) is 0. The molecule has 4 aromatic carbocycles. The molecule has 0 spiro atoms. The van der Waals surface area contributed by atoms with Crippen molar-refractivity contribution >= 4 is 11.8 Å². The molecular formula is C35H30N2O4. The largest absolute Gasteiger partial charge is 0.457 e. The number of piperidine rings is 1. The van der Waals surface area contributed by atoms with E-state index in [4.69, 9.17) is 9.47 Å². The molecular weight excluding hydrogens is 512 g/mol. The number of hydrogen-bond donors (Lipinski definition) is 0. The molecule has 204 valence electrons. The number of morpholine rings is 1. The minimum absolute atomic E-state index is 0.0585. The van der Waals surface area contributed by atoms with Crippen molar-refractivity contribution in [3.8, 4) is 23.3 Å². The molecule has 2 fully saturated rings. The predicted molar refractivity (Wildman–Crippen MR) is 157 cm³/mol. The van der Waals surface area contributed by atoms with Crippen LogP contribution in [0.1, 0.15) is 38.3 Å². The summed E-state index contributed by atoms with van der Waals surface area (Å²) in [4.78, 5) is 31.1. The zero-order valence-corrected chi connectivity index (χ0v) is 22.6. The van der Waals surface area contributed by atoms with Crippen molar-refractivity contribution in [1.82, 2.24) is 9.80 Å². The molecule has 2 aliphatic heterocycles. The van der Waals surface area contributed by atoms with Gasteiger partial charge in [0.2, 0.25) is 0 Å². The Balaban J connectivity index is 1.17. The summed E-state index contributed by atoms with van der Waals surface area (Å²) >= 11 is 0. The number of ether oxygens (including phenoxy) is 2. The summed E-state index contributed by atoms with van der Waals surface area (Å²) in [6.07, 6.45) is 0.554. The van der Waals surface area contributed by atoms with Crippen LogP contribution in [0.3, 0.4) is 0 Å². The van der Waals surface area contributed by atoms with Crippen LogP contribution in [0.2, 0.25) is 0 Å². The monoisotopic (exact) mass is 542 g/mol. The lowest BCUT2D eigenvalue weighted by atomic mass is 9.96. The number of benzene rings is 4. The van der Waals surface area contributed by atoms with E-state index in [9.17, 15) is 9.59 Å². The Hall–Kier alpha value is -4.86. The van der Waals surface area contributed by atoms with Crippen molar-refractivity contribution in [1.29, 1.82) is 0 Å². The topological polar surface area (TPSA) is 59.1 Å². The van der Waals surface area contributed by atoms with Crippen molar-refractivity contribution < 1.29 is 19.1 Å². The number of carbonyl (C=O) groups excluding carboxylic acids is 2. The van der Waals surface area contributed by atoms with Crippen LogP contribution in [0.5, 0.6) is 11.5 Å². The molecule has 0 saturated carbocycles. The van der Waals surface area contributed by atoms with Crippen molar-refractivity contribution in [2.75, 3.05) is 26.2 Å². The Morgan fingerprint density at radius 1 is 0.732 bits per heavy atom. The number of carbonyl (C=O) groups is 2. The van der Waals surface area contributed by atoms with Crippen LogP contribution in [0.4, 0.5) is 0 Å². The maximum absolute atomic E-state index is 13.9. The highest BCUT2D eigenvalue weighted by Gasteiger charge is 2.41. The Kier molecular flexibility index (Phi) is 7.79. The third-order valence-electron chi connectivity index (χ3n) is 7.48. The lowest BCUT2D eigenvalue weighted by molar-refractivity contribution is -0.0855. The molecule has 6 rings (SSSR count). The van der Waals surface area contributed by atoms with Crippen molar-refractivity contribution in [3.63, 3.8) is 0 Å². The number of likely N-dealkylation sites (tertiary alicyclic amines) is 1. The Morgan fingerprint density at radius 3 is 2.15 bits per heavy atom. The van der Waals surface area contributed by atoms with Gasteiger partial charge < -0.3 is 19.3 Å². The molecule has 6 heteroatoms. The van der Waals surface area contributed by atoms with Gasteiger partial charge in [-0.25, -0.2) is 0 Å². The second-order valence-corrected chi connectivity index (χ2v) is 10.1. The van der Waals surface area contributed by atoms with Gasteiger partial charge in [-0.15, -0.1) is 0 Å². The summed E-state index contributed by atoms with van der Waals surface area (Å²) < 4.78 is 12.1. The summed E-state index contributed by atoms with van der Waals surface area (Å²) in [7, 11) is 0. The third kappa shape index (κ3) is 6.01. The van der Waals surface area contributed by atoms with Crippen molar-refractivity contribution in [2.45, 2.75) is 18.6 Å². The van der Waals surface area contributed by atoms with Gasteiger partial charge in [-0.05, 0) is 67.1 Å². The minimum atomic E-state index is -0.241. The molecule has 6 nitrogen and oxygen atoms in total. The number of fused-ring (bicyclic) bond motifs is 1. The van der Waals surface area contributed by atoms with E-state index in [1.165, 1.54) is 0 Å². The zero-order chi connectivity index (χ0) is 28.0. The lowest BCUT2D eigenvalue weighted by Gasteiger charge is -2.47. The average Bonchev–Trinajstić information content (AvgIpc) is 3.04. The SMILES string of the molecule is O=C(c1ccc(C#Cc2ccccc2)cc1)N1CC[C@@H]2OCCN(C(=O)c3ccccc3Oc3ccccc3)[C@H]2C1. The molecule has 2 saturated heterocycles. The maximum atomic E-state index is 13.9. The van der Waals surface area contributed by atoms with Crippen LogP contribution in [-0.2, 0) is 4.74 Å². The van der Waals surface area contributed by atoms with Gasteiger partial charge in [0.1, 0.15) is 11.5 Å². The predicted octanol–water partition coefficient (Wildman–Crippen LogP) is 5.63. The molecule has 2 atom stereocenters. The van der Waals surface area contributed by atoms with Crippen LogP contribution >= 0.6 is 0 Å². The second-order valence-electron chi connectivity index (χ2n) is 10.1. The first kappa shape index (κ1) is 26.4. The van der Waals surface area contributed by atoms with E-state index in [-0.39, 0.29) is 24.0 Å². The molecule has 2 heterocycles.